The highest BCUT2D eigenvalue weighted by molar-refractivity contribution is 5.68. The van der Waals surface area contributed by atoms with Gasteiger partial charge in [0.05, 0.1) is 78.7 Å². The van der Waals surface area contributed by atoms with E-state index in [4.69, 9.17) is 33.5 Å². The molecule has 0 aliphatic carbocycles. The summed E-state index contributed by atoms with van der Waals surface area (Å²) in [5.41, 5.74) is -0.706. The average Bonchev–Trinajstić information content (AvgIpc) is 2.61. The molecule has 0 aliphatic rings. The number of aliphatic hydroxyl groups is 1. The molecule has 0 fully saturated rings. The Labute approximate surface area is 181 Å². The molecule has 9 nitrogen and oxygen atoms in total. The van der Waals surface area contributed by atoms with Crippen molar-refractivity contribution in [3.05, 3.63) is 0 Å². The number of carbonyl (C=O) groups excluding carboxylic acids is 1. The van der Waals surface area contributed by atoms with Gasteiger partial charge in [-0.05, 0) is 26.2 Å². The third kappa shape index (κ3) is 19.0. The summed E-state index contributed by atoms with van der Waals surface area (Å²) in [6, 6.07) is -0.176. The zero-order chi connectivity index (χ0) is 22.9. The fourth-order valence-corrected chi connectivity index (χ4v) is 2.10. The zero-order valence-corrected chi connectivity index (χ0v) is 19.7. The molecular weight excluding hydrogens is 394 g/mol. The van der Waals surface area contributed by atoms with Crippen LogP contribution < -0.4 is 5.32 Å². The van der Waals surface area contributed by atoms with Gasteiger partial charge in [-0.25, -0.2) is 4.79 Å². The Bertz CT molecular complexity index is 420. The summed E-state index contributed by atoms with van der Waals surface area (Å²) in [6.07, 6.45) is -0.443. The molecule has 1 atom stereocenters. The monoisotopic (exact) mass is 437 g/mol. The molecular formula is C21H43NO8. The van der Waals surface area contributed by atoms with E-state index in [1.165, 1.54) is 0 Å². The van der Waals surface area contributed by atoms with Gasteiger partial charge in [0.25, 0.3) is 0 Å². The minimum absolute atomic E-state index is 0.0221. The second-order valence-electron chi connectivity index (χ2n) is 8.81. The van der Waals surface area contributed by atoms with Gasteiger partial charge in [0.1, 0.15) is 5.60 Å². The van der Waals surface area contributed by atoms with Crippen LogP contribution in [0.5, 0.6) is 0 Å². The highest BCUT2D eigenvalue weighted by atomic mass is 16.6. The number of hydrogen-bond acceptors (Lipinski definition) is 8. The quantitative estimate of drug-likeness (QED) is 0.333. The summed E-state index contributed by atoms with van der Waals surface area (Å²) in [4.78, 5) is 12.0. The Hall–Kier alpha value is -0.970. The minimum atomic E-state index is -0.538. The van der Waals surface area contributed by atoms with Crippen LogP contribution in [0, 0.1) is 5.41 Å². The number of amides is 1. The van der Waals surface area contributed by atoms with Crippen LogP contribution in [-0.4, -0.2) is 95.5 Å². The normalized spacial score (nSPS) is 13.3. The summed E-state index contributed by atoms with van der Waals surface area (Å²) >= 11 is 0. The van der Waals surface area contributed by atoms with Gasteiger partial charge in [-0.2, -0.15) is 0 Å². The third-order valence-electron chi connectivity index (χ3n) is 3.74. The average molecular weight is 438 g/mol. The van der Waals surface area contributed by atoms with Crippen LogP contribution in [0.1, 0.15) is 41.5 Å². The van der Waals surface area contributed by atoms with Crippen LogP contribution in [0.15, 0.2) is 0 Å². The standard InChI is InChI=1S/C21H43NO8/c1-20(2,3)18(22-19(24)30-21(4,5)6)17-29-16-15-28-14-13-27-12-11-26-10-9-25-8-7-23/h18,23H,7-17H2,1-6H3,(H,22,24). The lowest BCUT2D eigenvalue weighted by Crippen LogP contribution is -2.48. The van der Waals surface area contributed by atoms with Crippen molar-refractivity contribution in [3.63, 3.8) is 0 Å². The van der Waals surface area contributed by atoms with Crippen LogP contribution in [0.4, 0.5) is 4.79 Å². The molecule has 0 rings (SSSR count). The minimum Gasteiger partial charge on any atom is -0.444 e. The summed E-state index contributed by atoms with van der Waals surface area (Å²) < 4.78 is 32.3. The van der Waals surface area contributed by atoms with Crippen molar-refractivity contribution in [1.29, 1.82) is 0 Å². The first-order valence-corrected chi connectivity index (χ1v) is 10.6. The first kappa shape index (κ1) is 29.0. The lowest BCUT2D eigenvalue weighted by atomic mass is 9.87. The number of aliphatic hydroxyl groups excluding tert-OH is 1. The molecule has 1 amide bonds. The van der Waals surface area contributed by atoms with E-state index in [0.717, 1.165) is 0 Å². The topological polar surface area (TPSA) is 105 Å². The molecule has 1 unspecified atom stereocenters. The maximum Gasteiger partial charge on any atom is 0.407 e. The van der Waals surface area contributed by atoms with Crippen molar-refractivity contribution in [2.45, 2.75) is 53.2 Å². The van der Waals surface area contributed by atoms with E-state index in [1.807, 2.05) is 41.5 Å². The Morgan fingerprint density at radius 2 is 1.13 bits per heavy atom. The predicted molar refractivity (Wildman–Crippen MR) is 114 cm³/mol. The number of nitrogens with one attached hydrogen (secondary N) is 1. The van der Waals surface area contributed by atoms with Crippen molar-refractivity contribution in [2.75, 3.05) is 72.7 Å². The summed E-state index contributed by atoms with van der Waals surface area (Å²) in [6.45, 7) is 16.1. The number of rotatable bonds is 17. The molecule has 2 N–H and O–H groups in total. The van der Waals surface area contributed by atoms with E-state index in [1.54, 1.807) is 0 Å². The lowest BCUT2D eigenvalue weighted by Gasteiger charge is -2.32. The molecule has 0 saturated heterocycles. The van der Waals surface area contributed by atoms with Crippen molar-refractivity contribution in [1.82, 2.24) is 5.32 Å². The highest BCUT2D eigenvalue weighted by Gasteiger charge is 2.28. The van der Waals surface area contributed by atoms with Gasteiger partial charge in [0.15, 0.2) is 0 Å². The van der Waals surface area contributed by atoms with Crippen molar-refractivity contribution < 1.29 is 38.3 Å². The van der Waals surface area contributed by atoms with Gasteiger partial charge in [-0.15, -0.1) is 0 Å². The van der Waals surface area contributed by atoms with Crippen LogP contribution in [0.2, 0.25) is 0 Å². The summed E-state index contributed by atoms with van der Waals surface area (Å²) in [7, 11) is 0. The molecule has 0 bridgehead atoms. The van der Waals surface area contributed by atoms with Crippen LogP contribution in [0.25, 0.3) is 0 Å². The predicted octanol–water partition coefficient (Wildman–Crippen LogP) is 2.00. The molecule has 0 heterocycles. The maximum atomic E-state index is 12.0. The summed E-state index contributed by atoms with van der Waals surface area (Å²) in [5, 5.41) is 11.4. The Balaban J connectivity index is 3.68. The van der Waals surface area contributed by atoms with E-state index in [2.05, 4.69) is 5.32 Å². The summed E-state index contributed by atoms with van der Waals surface area (Å²) in [5.74, 6) is 0. The van der Waals surface area contributed by atoms with Crippen LogP contribution in [-0.2, 0) is 28.4 Å². The first-order chi connectivity index (χ1) is 14.1. The molecule has 9 heteroatoms. The molecule has 0 radical (unpaired) electrons. The number of alkyl carbamates (subject to hydrolysis) is 1. The second kappa shape index (κ2) is 16.7. The highest BCUT2D eigenvalue weighted by Crippen LogP contribution is 2.20. The molecule has 0 spiro atoms. The molecule has 0 saturated carbocycles. The van der Waals surface area contributed by atoms with Gasteiger partial charge >= 0.3 is 6.09 Å². The van der Waals surface area contributed by atoms with Gasteiger partial charge < -0.3 is 38.8 Å². The fourth-order valence-electron chi connectivity index (χ4n) is 2.10. The lowest BCUT2D eigenvalue weighted by molar-refractivity contribution is -0.0174. The van der Waals surface area contributed by atoms with E-state index in [0.29, 0.717) is 66.1 Å². The zero-order valence-electron chi connectivity index (χ0n) is 19.7. The largest absolute Gasteiger partial charge is 0.444 e. The van der Waals surface area contributed by atoms with Gasteiger partial charge in [0, 0.05) is 0 Å². The smallest absolute Gasteiger partial charge is 0.407 e. The number of carbonyl (C=O) groups is 1. The Morgan fingerprint density at radius 1 is 0.733 bits per heavy atom. The van der Waals surface area contributed by atoms with Gasteiger partial charge in [0.2, 0.25) is 0 Å². The van der Waals surface area contributed by atoms with E-state index in [-0.39, 0.29) is 18.1 Å². The van der Waals surface area contributed by atoms with Gasteiger partial charge in [-0.3, -0.25) is 0 Å². The van der Waals surface area contributed by atoms with E-state index in [9.17, 15) is 4.79 Å². The molecule has 0 aromatic carbocycles. The van der Waals surface area contributed by atoms with Crippen molar-refractivity contribution >= 4 is 6.09 Å². The second-order valence-corrected chi connectivity index (χ2v) is 8.81. The first-order valence-electron chi connectivity index (χ1n) is 10.6. The maximum absolute atomic E-state index is 12.0. The number of ether oxygens (including phenoxy) is 6. The molecule has 180 valence electrons. The molecule has 0 aromatic rings. The number of hydrogen-bond donors (Lipinski definition) is 2. The molecule has 0 aromatic heterocycles. The van der Waals surface area contributed by atoms with E-state index < -0.39 is 11.7 Å². The SMILES string of the molecule is CC(C)(C)OC(=O)NC(COCCOCCOCCOCCOCCO)C(C)(C)C. The fraction of sp³-hybridized carbons (Fsp3) is 0.952. The van der Waals surface area contributed by atoms with Gasteiger partial charge in [-0.1, -0.05) is 20.8 Å². The third-order valence-corrected chi connectivity index (χ3v) is 3.74. The van der Waals surface area contributed by atoms with Crippen LogP contribution in [0.3, 0.4) is 0 Å². The Morgan fingerprint density at radius 3 is 1.50 bits per heavy atom. The Kier molecular flexibility index (Phi) is 16.1. The van der Waals surface area contributed by atoms with E-state index >= 15 is 0 Å². The molecule has 0 aliphatic heterocycles. The van der Waals surface area contributed by atoms with Crippen molar-refractivity contribution in [2.24, 2.45) is 5.41 Å². The van der Waals surface area contributed by atoms with Crippen molar-refractivity contribution in [3.8, 4) is 0 Å². The van der Waals surface area contributed by atoms with Crippen LogP contribution >= 0.6 is 0 Å². The molecule has 30 heavy (non-hydrogen) atoms.